The van der Waals surface area contributed by atoms with Gasteiger partial charge in [-0.05, 0) is 36.4 Å². The molecule has 0 radical (unpaired) electrons. The first-order chi connectivity index (χ1) is 9.06. The molecular weight excluding hydrogens is 266 g/mol. The van der Waals surface area contributed by atoms with Crippen molar-refractivity contribution in [3.05, 3.63) is 53.1 Å². The molecule has 0 aromatic heterocycles. The van der Waals surface area contributed by atoms with Crippen LogP contribution in [0.15, 0.2) is 52.7 Å². The summed E-state index contributed by atoms with van der Waals surface area (Å²) in [5.41, 5.74) is 6.73. The zero-order valence-electron chi connectivity index (χ0n) is 9.75. The number of carboxylic acid groups (broad SMARTS) is 1. The number of azo groups is 1. The number of benzene rings is 2. The molecule has 0 saturated heterocycles. The van der Waals surface area contributed by atoms with Crippen molar-refractivity contribution in [2.45, 2.75) is 0 Å². The predicted molar refractivity (Wildman–Crippen MR) is 73.4 cm³/mol. The number of aromatic carboxylic acids is 1. The van der Waals surface area contributed by atoms with Crippen molar-refractivity contribution >= 4 is 34.6 Å². The molecule has 0 unspecified atom stereocenters. The van der Waals surface area contributed by atoms with Gasteiger partial charge in [-0.2, -0.15) is 10.2 Å². The van der Waals surface area contributed by atoms with Crippen molar-refractivity contribution in [1.29, 1.82) is 0 Å². The second-order valence-corrected chi connectivity index (χ2v) is 4.19. The average molecular weight is 276 g/mol. The van der Waals surface area contributed by atoms with Gasteiger partial charge in [0.15, 0.2) is 0 Å². The van der Waals surface area contributed by atoms with Gasteiger partial charge in [-0.25, -0.2) is 4.79 Å². The fourth-order valence-corrected chi connectivity index (χ4v) is 1.63. The maximum atomic E-state index is 10.9. The van der Waals surface area contributed by atoms with E-state index in [0.29, 0.717) is 16.4 Å². The molecule has 6 heteroatoms. The largest absolute Gasteiger partial charge is 0.478 e. The topological polar surface area (TPSA) is 88.0 Å². The van der Waals surface area contributed by atoms with E-state index in [2.05, 4.69) is 10.2 Å². The molecule has 0 amide bonds. The van der Waals surface area contributed by atoms with E-state index in [-0.39, 0.29) is 11.3 Å². The van der Waals surface area contributed by atoms with E-state index >= 15 is 0 Å². The second-order valence-electron chi connectivity index (χ2n) is 3.76. The fourth-order valence-electron chi connectivity index (χ4n) is 1.45. The lowest BCUT2D eigenvalue weighted by molar-refractivity contribution is 0.0698. The summed E-state index contributed by atoms with van der Waals surface area (Å²) in [6.45, 7) is 0. The van der Waals surface area contributed by atoms with Crippen LogP contribution in [-0.2, 0) is 0 Å². The van der Waals surface area contributed by atoms with Gasteiger partial charge in [-0.1, -0.05) is 17.7 Å². The Kier molecular flexibility index (Phi) is 3.77. The molecule has 0 bridgehead atoms. The van der Waals surface area contributed by atoms with Crippen molar-refractivity contribution < 1.29 is 9.90 Å². The lowest BCUT2D eigenvalue weighted by Gasteiger charge is -2.00. The van der Waals surface area contributed by atoms with Crippen LogP contribution >= 0.6 is 11.6 Å². The molecule has 2 aromatic carbocycles. The fraction of sp³-hybridized carbons (Fsp3) is 0. The number of nitrogens with two attached hydrogens (primary N) is 1. The van der Waals surface area contributed by atoms with E-state index in [1.807, 2.05) is 0 Å². The molecule has 96 valence electrons. The van der Waals surface area contributed by atoms with E-state index in [0.717, 1.165) is 0 Å². The Balaban J connectivity index is 2.29. The quantitative estimate of drug-likeness (QED) is 0.654. The number of halogens is 1. The molecule has 0 aliphatic heterocycles. The smallest absolute Gasteiger partial charge is 0.337 e. The SMILES string of the molecule is Nc1ccc(N=Nc2cccc(Cl)c2)cc1C(=O)O. The summed E-state index contributed by atoms with van der Waals surface area (Å²) < 4.78 is 0. The first kappa shape index (κ1) is 13.0. The van der Waals surface area contributed by atoms with Crippen molar-refractivity contribution in [2.24, 2.45) is 10.2 Å². The number of nitrogens with zero attached hydrogens (tertiary/aromatic N) is 2. The van der Waals surface area contributed by atoms with Crippen LogP contribution in [0, 0.1) is 0 Å². The lowest BCUT2D eigenvalue weighted by atomic mass is 10.1. The average Bonchev–Trinajstić information content (AvgIpc) is 2.37. The number of anilines is 1. The number of rotatable bonds is 3. The van der Waals surface area contributed by atoms with Gasteiger partial charge < -0.3 is 10.8 Å². The van der Waals surface area contributed by atoms with E-state index in [1.165, 1.54) is 12.1 Å². The summed E-state index contributed by atoms with van der Waals surface area (Å²) in [6, 6.07) is 11.3. The molecule has 5 nitrogen and oxygen atoms in total. The molecule has 0 spiro atoms. The van der Waals surface area contributed by atoms with Crippen LogP contribution < -0.4 is 5.73 Å². The normalized spacial score (nSPS) is 10.8. The third kappa shape index (κ3) is 3.29. The Bertz CT molecular complexity index is 656. The highest BCUT2D eigenvalue weighted by Gasteiger charge is 2.08. The van der Waals surface area contributed by atoms with Crippen LogP contribution in [0.25, 0.3) is 0 Å². The monoisotopic (exact) mass is 275 g/mol. The van der Waals surface area contributed by atoms with E-state index in [9.17, 15) is 4.79 Å². The minimum absolute atomic E-state index is 0.00236. The maximum Gasteiger partial charge on any atom is 0.337 e. The highest BCUT2D eigenvalue weighted by Crippen LogP contribution is 2.24. The lowest BCUT2D eigenvalue weighted by Crippen LogP contribution is -2.01. The molecular formula is C13H10ClN3O2. The second kappa shape index (κ2) is 5.49. The van der Waals surface area contributed by atoms with Gasteiger partial charge >= 0.3 is 5.97 Å². The van der Waals surface area contributed by atoms with Gasteiger partial charge in [0.2, 0.25) is 0 Å². The molecule has 0 aliphatic rings. The highest BCUT2D eigenvalue weighted by molar-refractivity contribution is 6.30. The standard InChI is InChI=1S/C13H10ClN3O2/c14-8-2-1-3-9(6-8)16-17-10-4-5-12(15)11(7-10)13(18)19/h1-7H,15H2,(H,18,19). The van der Waals surface area contributed by atoms with Crippen LogP contribution in [-0.4, -0.2) is 11.1 Å². The maximum absolute atomic E-state index is 10.9. The van der Waals surface area contributed by atoms with Gasteiger partial charge in [-0.3, -0.25) is 0 Å². The Labute approximate surface area is 114 Å². The van der Waals surface area contributed by atoms with Crippen molar-refractivity contribution in [2.75, 3.05) is 5.73 Å². The minimum atomic E-state index is -1.10. The Morgan fingerprint density at radius 1 is 1.11 bits per heavy atom. The van der Waals surface area contributed by atoms with E-state index in [1.54, 1.807) is 30.3 Å². The molecule has 0 saturated carbocycles. The van der Waals surface area contributed by atoms with E-state index in [4.69, 9.17) is 22.4 Å². The highest BCUT2D eigenvalue weighted by atomic mass is 35.5. The van der Waals surface area contributed by atoms with Gasteiger partial charge in [0, 0.05) is 10.7 Å². The molecule has 2 rings (SSSR count). The van der Waals surface area contributed by atoms with Crippen LogP contribution in [0.4, 0.5) is 17.1 Å². The summed E-state index contributed by atoms with van der Waals surface area (Å²) in [7, 11) is 0. The number of hydrogen-bond acceptors (Lipinski definition) is 4. The minimum Gasteiger partial charge on any atom is -0.478 e. The van der Waals surface area contributed by atoms with Crippen molar-refractivity contribution in [3.63, 3.8) is 0 Å². The number of carboxylic acids is 1. The molecule has 3 N–H and O–H groups in total. The van der Waals surface area contributed by atoms with Gasteiger partial charge in [0.1, 0.15) is 0 Å². The van der Waals surface area contributed by atoms with Crippen LogP contribution in [0.3, 0.4) is 0 Å². The summed E-state index contributed by atoms with van der Waals surface area (Å²) >= 11 is 5.82. The molecule has 0 heterocycles. The third-order valence-electron chi connectivity index (χ3n) is 2.36. The number of hydrogen-bond donors (Lipinski definition) is 2. The first-order valence-corrected chi connectivity index (χ1v) is 5.74. The molecule has 2 aromatic rings. The summed E-state index contributed by atoms with van der Waals surface area (Å²) in [4.78, 5) is 10.9. The van der Waals surface area contributed by atoms with Crippen molar-refractivity contribution in [1.82, 2.24) is 0 Å². The van der Waals surface area contributed by atoms with Gasteiger partial charge in [0.05, 0.1) is 16.9 Å². The Hall–Kier alpha value is -2.40. The third-order valence-corrected chi connectivity index (χ3v) is 2.59. The summed E-state index contributed by atoms with van der Waals surface area (Å²) in [5.74, 6) is -1.10. The Morgan fingerprint density at radius 2 is 1.79 bits per heavy atom. The van der Waals surface area contributed by atoms with Gasteiger partial charge in [-0.15, -0.1) is 0 Å². The zero-order chi connectivity index (χ0) is 13.8. The first-order valence-electron chi connectivity index (χ1n) is 5.36. The van der Waals surface area contributed by atoms with Crippen LogP contribution in [0.2, 0.25) is 5.02 Å². The van der Waals surface area contributed by atoms with Crippen molar-refractivity contribution in [3.8, 4) is 0 Å². The zero-order valence-corrected chi connectivity index (χ0v) is 10.5. The van der Waals surface area contributed by atoms with Crippen LogP contribution in [0.5, 0.6) is 0 Å². The molecule has 0 aliphatic carbocycles. The molecule has 19 heavy (non-hydrogen) atoms. The summed E-state index contributed by atoms with van der Waals surface area (Å²) in [5, 5.41) is 17.4. The predicted octanol–water partition coefficient (Wildman–Crippen LogP) is 4.04. The summed E-state index contributed by atoms with van der Waals surface area (Å²) in [6.07, 6.45) is 0. The Morgan fingerprint density at radius 3 is 2.42 bits per heavy atom. The number of carbonyl (C=O) groups is 1. The van der Waals surface area contributed by atoms with Gasteiger partial charge in [0.25, 0.3) is 0 Å². The van der Waals surface area contributed by atoms with Crippen LogP contribution in [0.1, 0.15) is 10.4 Å². The van der Waals surface area contributed by atoms with E-state index < -0.39 is 5.97 Å². The number of nitrogen functional groups attached to an aromatic ring is 1. The molecule has 0 fully saturated rings. The molecule has 0 atom stereocenters.